The molecule has 0 radical (unpaired) electrons. The van der Waals surface area contributed by atoms with E-state index in [1.165, 1.54) is 7.11 Å². The van der Waals surface area contributed by atoms with Gasteiger partial charge in [-0.15, -0.1) is 0 Å². The fraction of sp³-hybridized carbons (Fsp3) is 0.364. The molecular formula is C11H16N2O2. The minimum Gasteiger partial charge on any atom is -0.495 e. The number of nitrogen functional groups attached to an aromatic ring is 1. The molecule has 4 heteroatoms. The number of rotatable bonds is 3. The lowest BCUT2D eigenvalue weighted by Crippen LogP contribution is -2.30. The maximum Gasteiger partial charge on any atom is 0.251 e. The first-order valence-electron chi connectivity index (χ1n) is 4.79. The van der Waals surface area contributed by atoms with Crippen LogP contribution >= 0.6 is 0 Å². The molecule has 3 N–H and O–H groups in total. The first-order chi connectivity index (χ1) is 7.04. The lowest BCUT2D eigenvalue weighted by atomic mass is 10.1. The molecule has 4 nitrogen and oxygen atoms in total. The third-order valence-electron chi connectivity index (χ3n) is 1.92. The number of nitrogens with one attached hydrogen (secondary N) is 1. The van der Waals surface area contributed by atoms with Gasteiger partial charge in [0.1, 0.15) is 5.75 Å². The Hall–Kier alpha value is -1.71. The Morgan fingerprint density at radius 3 is 2.67 bits per heavy atom. The van der Waals surface area contributed by atoms with Crippen molar-refractivity contribution in [3.8, 4) is 5.75 Å². The molecule has 1 amide bonds. The topological polar surface area (TPSA) is 64.3 Å². The zero-order chi connectivity index (χ0) is 11.4. The SMILES string of the molecule is COc1cc(C(=O)NC(C)C)ccc1N. The first-order valence-corrected chi connectivity index (χ1v) is 4.79. The Morgan fingerprint density at radius 1 is 1.47 bits per heavy atom. The number of ether oxygens (including phenoxy) is 1. The van der Waals surface area contributed by atoms with Gasteiger partial charge in [0.05, 0.1) is 12.8 Å². The Labute approximate surface area is 89.4 Å². The van der Waals surface area contributed by atoms with Crippen LogP contribution in [0.25, 0.3) is 0 Å². The largest absolute Gasteiger partial charge is 0.495 e. The molecule has 0 aliphatic carbocycles. The van der Waals surface area contributed by atoms with Crippen molar-refractivity contribution in [3.63, 3.8) is 0 Å². The zero-order valence-corrected chi connectivity index (χ0v) is 9.20. The van der Waals surface area contributed by atoms with E-state index in [1.807, 2.05) is 13.8 Å². The highest BCUT2D eigenvalue weighted by atomic mass is 16.5. The number of anilines is 1. The molecule has 0 saturated heterocycles. The number of benzene rings is 1. The van der Waals surface area contributed by atoms with Gasteiger partial charge >= 0.3 is 0 Å². The van der Waals surface area contributed by atoms with Crippen molar-refractivity contribution in [2.24, 2.45) is 0 Å². The molecule has 0 aromatic heterocycles. The molecule has 0 saturated carbocycles. The molecule has 0 aliphatic heterocycles. The summed E-state index contributed by atoms with van der Waals surface area (Å²) in [5, 5.41) is 2.79. The van der Waals surface area contributed by atoms with E-state index < -0.39 is 0 Å². The molecule has 0 aliphatic rings. The summed E-state index contributed by atoms with van der Waals surface area (Å²) < 4.78 is 5.04. The van der Waals surface area contributed by atoms with Crippen LogP contribution in [-0.4, -0.2) is 19.1 Å². The number of carbonyl (C=O) groups excluding carboxylic acids is 1. The molecule has 0 unspecified atom stereocenters. The van der Waals surface area contributed by atoms with Gasteiger partial charge in [0.15, 0.2) is 0 Å². The minimum atomic E-state index is -0.122. The summed E-state index contributed by atoms with van der Waals surface area (Å²) in [6.07, 6.45) is 0. The maximum absolute atomic E-state index is 11.6. The molecule has 15 heavy (non-hydrogen) atoms. The van der Waals surface area contributed by atoms with Crippen LogP contribution in [0.15, 0.2) is 18.2 Å². The van der Waals surface area contributed by atoms with E-state index in [9.17, 15) is 4.79 Å². The molecule has 1 aromatic carbocycles. The lowest BCUT2D eigenvalue weighted by Gasteiger charge is -2.10. The summed E-state index contributed by atoms with van der Waals surface area (Å²) >= 11 is 0. The number of nitrogens with two attached hydrogens (primary N) is 1. The van der Waals surface area contributed by atoms with Crippen LogP contribution in [0, 0.1) is 0 Å². The van der Waals surface area contributed by atoms with E-state index >= 15 is 0 Å². The zero-order valence-electron chi connectivity index (χ0n) is 9.20. The molecule has 0 heterocycles. The van der Waals surface area contributed by atoms with E-state index in [0.717, 1.165) is 0 Å². The van der Waals surface area contributed by atoms with E-state index in [1.54, 1.807) is 18.2 Å². The molecular weight excluding hydrogens is 192 g/mol. The van der Waals surface area contributed by atoms with Gasteiger partial charge in [0, 0.05) is 11.6 Å². The Kier molecular flexibility index (Phi) is 3.55. The third-order valence-corrected chi connectivity index (χ3v) is 1.92. The van der Waals surface area contributed by atoms with Crippen molar-refractivity contribution >= 4 is 11.6 Å². The highest BCUT2D eigenvalue weighted by Gasteiger charge is 2.09. The number of methoxy groups -OCH3 is 1. The third kappa shape index (κ3) is 2.87. The predicted octanol–water partition coefficient (Wildman–Crippen LogP) is 1.42. The van der Waals surface area contributed by atoms with Gasteiger partial charge in [-0.05, 0) is 32.0 Å². The average Bonchev–Trinajstić information content (AvgIpc) is 2.17. The van der Waals surface area contributed by atoms with Crippen LogP contribution in [0.2, 0.25) is 0 Å². The summed E-state index contributed by atoms with van der Waals surface area (Å²) in [4.78, 5) is 11.6. The normalized spacial score (nSPS) is 10.1. The standard InChI is InChI=1S/C11H16N2O2/c1-7(2)13-11(14)8-4-5-9(12)10(6-8)15-3/h4-7H,12H2,1-3H3,(H,13,14). The molecule has 82 valence electrons. The Bertz CT molecular complexity index is 362. The minimum absolute atomic E-state index is 0.112. The number of hydrogen-bond donors (Lipinski definition) is 2. The second-order valence-electron chi connectivity index (χ2n) is 3.58. The summed E-state index contributed by atoms with van der Waals surface area (Å²) in [5.41, 5.74) is 6.72. The maximum atomic E-state index is 11.6. The number of carbonyl (C=O) groups is 1. The fourth-order valence-corrected chi connectivity index (χ4v) is 1.20. The molecule has 0 fully saturated rings. The monoisotopic (exact) mass is 208 g/mol. The van der Waals surface area contributed by atoms with Crippen molar-refractivity contribution in [2.45, 2.75) is 19.9 Å². The van der Waals surface area contributed by atoms with Crippen LogP contribution in [-0.2, 0) is 0 Å². The smallest absolute Gasteiger partial charge is 0.251 e. The van der Waals surface area contributed by atoms with Crippen LogP contribution in [0.4, 0.5) is 5.69 Å². The Balaban J connectivity index is 2.91. The van der Waals surface area contributed by atoms with E-state index in [-0.39, 0.29) is 11.9 Å². The van der Waals surface area contributed by atoms with Crippen LogP contribution in [0.3, 0.4) is 0 Å². The highest BCUT2D eigenvalue weighted by Crippen LogP contribution is 2.21. The lowest BCUT2D eigenvalue weighted by molar-refractivity contribution is 0.0943. The van der Waals surface area contributed by atoms with Gasteiger partial charge < -0.3 is 15.8 Å². The molecule has 1 rings (SSSR count). The van der Waals surface area contributed by atoms with Crippen molar-refractivity contribution in [3.05, 3.63) is 23.8 Å². The Morgan fingerprint density at radius 2 is 2.13 bits per heavy atom. The van der Waals surface area contributed by atoms with Crippen LogP contribution in [0.5, 0.6) is 5.75 Å². The molecule has 1 aromatic rings. The van der Waals surface area contributed by atoms with Gasteiger partial charge in [-0.25, -0.2) is 0 Å². The average molecular weight is 208 g/mol. The van der Waals surface area contributed by atoms with Gasteiger partial charge in [-0.3, -0.25) is 4.79 Å². The van der Waals surface area contributed by atoms with Crippen molar-refractivity contribution in [2.75, 3.05) is 12.8 Å². The quantitative estimate of drug-likeness (QED) is 0.738. The molecule has 0 bridgehead atoms. The van der Waals surface area contributed by atoms with Gasteiger partial charge in [-0.2, -0.15) is 0 Å². The van der Waals surface area contributed by atoms with Gasteiger partial charge in [0.2, 0.25) is 0 Å². The van der Waals surface area contributed by atoms with Crippen LogP contribution < -0.4 is 15.8 Å². The fourth-order valence-electron chi connectivity index (χ4n) is 1.20. The second-order valence-corrected chi connectivity index (χ2v) is 3.58. The summed E-state index contributed by atoms with van der Waals surface area (Å²) in [6.45, 7) is 3.82. The van der Waals surface area contributed by atoms with Gasteiger partial charge in [0.25, 0.3) is 5.91 Å². The summed E-state index contributed by atoms with van der Waals surface area (Å²) in [6, 6.07) is 5.08. The highest BCUT2D eigenvalue weighted by molar-refractivity contribution is 5.95. The van der Waals surface area contributed by atoms with Crippen molar-refractivity contribution in [1.82, 2.24) is 5.32 Å². The summed E-state index contributed by atoms with van der Waals surface area (Å²) in [5.74, 6) is 0.398. The van der Waals surface area contributed by atoms with E-state index in [4.69, 9.17) is 10.5 Å². The van der Waals surface area contributed by atoms with Gasteiger partial charge in [-0.1, -0.05) is 0 Å². The van der Waals surface area contributed by atoms with Crippen molar-refractivity contribution < 1.29 is 9.53 Å². The van der Waals surface area contributed by atoms with Crippen molar-refractivity contribution in [1.29, 1.82) is 0 Å². The van der Waals surface area contributed by atoms with Crippen LogP contribution in [0.1, 0.15) is 24.2 Å². The second kappa shape index (κ2) is 4.68. The predicted molar refractivity (Wildman–Crippen MR) is 60.0 cm³/mol. The molecule has 0 atom stereocenters. The number of hydrogen-bond acceptors (Lipinski definition) is 3. The van der Waals surface area contributed by atoms with E-state index in [2.05, 4.69) is 5.32 Å². The summed E-state index contributed by atoms with van der Waals surface area (Å²) in [7, 11) is 1.52. The first kappa shape index (κ1) is 11.4. The molecule has 0 spiro atoms. The number of amides is 1. The van der Waals surface area contributed by atoms with E-state index in [0.29, 0.717) is 17.0 Å².